The summed E-state index contributed by atoms with van der Waals surface area (Å²) < 4.78 is 39.4. The van der Waals surface area contributed by atoms with Gasteiger partial charge in [-0.1, -0.05) is 60.0 Å². The molecule has 1 heterocycles. The summed E-state index contributed by atoms with van der Waals surface area (Å²) in [5.74, 6) is -0.163. The molecule has 1 aliphatic heterocycles. The van der Waals surface area contributed by atoms with Crippen LogP contribution in [0.4, 0.5) is 0 Å². The topological polar surface area (TPSA) is 72.8 Å². The molecule has 0 bridgehead atoms. The Morgan fingerprint density at radius 1 is 0.816 bits per heavy atom. The quantitative estimate of drug-likeness (QED) is 0.354. The van der Waals surface area contributed by atoms with Gasteiger partial charge >= 0.3 is 0 Å². The summed E-state index contributed by atoms with van der Waals surface area (Å²) in [5.41, 5.74) is 7.14. The van der Waals surface area contributed by atoms with Gasteiger partial charge in [0.15, 0.2) is 0 Å². The first-order valence-corrected chi connectivity index (χ1v) is 16.6. The third-order valence-electron chi connectivity index (χ3n) is 7.90. The fraction of sp³-hybridized carbons (Fsp3) is 0.419. The molecule has 0 aliphatic carbocycles. The number of hydrogen-bond acceptors (Lipinski definition) is 5. The summed E-state index contributed by atoms with van der Waals surface area (Å²) in [5, 5.41) is 14.0. The van der Waals surface area contributed by atoms with Crippen LogP contribution in [0.25, 0.3) is 0 Å². The summed E-state index contributed by atoms with van der Waals surface area (Å²) in [6.07, 6.45) is -0.788. The maximum atomic E-state index is 13.3. The number of hydrogen-bond donors (Lipinski definition) is 1. The van der Waals surface area contributed by atoms with E-state index in [1.165, 1.54) is 0 Å². The molecule has 0 radical (unpaired) electrons. The predicted octanol–water partition coefficient (Wildman–Crippen LogP) is 4.71. The van der Waals surface area contributed by atoms with E-state index in [9.17, 15) is 13.5 Å². The standard InChI is InChI=1S/C31H40O5SSi/c1-19-9-11-27(12-10-19)37(33,34)35-18-28-29(32)26(8)17-36-38(28,30-22(4)13-20(2)14-23(30)5)31-24(6)15-21(3)16-25(31)7/h9-16,26,28-29,32H,17-18H2,1-8H3/t26-,28-,29+/m1/s1. The van der Waals surface area contributed by atoms with Crippen LogP contribution in [0.1, 0.15) is 45.9 Å². The van der Waals surface area contributed by atoms with Crippen molar-refractivity contribution < 1.29 is 22.1 Å². The number of benzene rings is 3. The van der Waals surface area contributed by atoms with E-state index in [1.54, 1.807) is 24.3 Å². The van der Waals surface area contributed by atoms with E-state index in [4.69, 9.17) is 8.61 Å². The molecular formula is C31H40O5SSi. The first-order valence-electron chi connectivity index (χ1n) is 13.2. The van der Waals surface area contributed by atoms with Crippen LogP contribution in [-0.4, -0.2) is 41.2 Å². The van der Waals surface area contributed by atoms with E-state index in [1.807, 2.05) is 13.8 Å². The van der Waals surface area contributed by atoms with E-state index in [0.29, 0.717) is 6.61 Å². The Kier molecular flexibility index (Phi) is 8.08. The highest BCUT2D eigenvalue weighted by atomic mass is 32.2. The Bertz CT molecular complexity index is 1340. The molecule has 1 fully saturated rings. The molecule has 7 heteroatoms. The number of aliphatic hydroxyl groups is 1. The van der Waals surface area contributed by atoms with Gasteiger partial charge in [0.1, 0.15) is 0 Å². The van der Waals surface area contributed by atoms with Gasteiger partial charge in [-0.3, -0.25) is 4.18 Å². The van der Waals surface area contributed by atoms with Crippen molar-refractivity contribution in [2.75, 3.05) is 13.2 Å². The molecule has 1 N–H and O–H groups in total. The fourth-order valence-electron chi connectivity index (χ4n) is 6.43. The lowest BCUT2D eigenvalue weighted by Crippen LogP contribution is -2.72. The highest BCUT2D eigenvalue weighted by Gasteiger charge is 2.57. The molecule has 204 valence electrons. The second-order valence-corrected chi connectivity index (χ2v) is 16.3. The summed E-state index contributed by atoms with van der Waals surface area (Å²) in [4.78, 5) is 0.111. The lowest BCUT2D eigenvalue weighted by Gasteiger charge is -2.49. The van der Waals surface area contributed by atoms with Gasteiger partial charge in [-0.05, 0) is 93.2 Å². The first kappa shape index (κ1) is 28.7. The second kappa shape index (κ2) is 10.7. The number of aliphatic hydroxyl groups excluding tert-OH is 1. The van der Waals surface area contributed by atoms with Crippen molar-refractivity contribution in [1.82, 2.24) is 0 Å². The molecule has 0 spiro atoms. The summed E-state index contributed by atoms with van der Waals surface area (Å²) in [6.45, 7) is 16.6. The van der Waals surface area contributed by atoms with Crippen molar-refractivity contribution in [3.8, 4) is 0 Å². The zero-order valence-electron chi connectivity index (χ0n) is 23.8. The Morgan fingerprint density at radius 2 is 1.26 bits per heavy atom. The van der Waals surface area contributed by atoms with E-state index >= 15 is 0 Å². The molecule has 3 aromatic rings. The number of aryl methyl sites for hydroxylation is 7. The third kappa shape index (κ3) is 5.15. The molecule has 3 aromatic carbocycles. The Hall–Kier alpha value is -2.29. The molecule has 38 heavy (non-hydrogen) atoms. The number of rotatable bonds is 6. The van der Waals surface area contributed by atoms with Crippen LogP contribution in [0.15, 0.2) is 53.4 Å². The van der Waals surface area contributed by atoms with Crippen molar-refractivity contribution in [2.45, 2.75) is 71.9 Å². The molecule has 4 rings (SSSR count). The van der Waals surface area contributed by atoms with Crippen molar-refractivity contribution in [3.63, 3.8) is 0 Å². The van der Waals surface area contributed by atoms with E-state index in [-0.39, 0.29) is 17.4 Å². The van der Waals surface area contributed by atoms with Gasteiger partial charge in [0.25, 0.3) is 18.4 Å². The Labute approximate surface area is 229 Å². The predicted molar refractivity (Wildman–Crippen MR) is 156 cm³/mol. The fourth-order valence-corrected chi connectivity index (χ4v) is 13.3. The molecule has 0 unspecified atom stereocenters. The van der Waals surface area contributed by atoms with Crippen molar-refractivity contribution in [1.29, 1.82) is 0 Å². The van der Waals surface area contributed by atoms with Crippen LogP contribution >= 0.6 is 0 Å². The molecule has 0 aromatic heterocycles. The lowest BCUT2D eigenvalue weighted by atomic mass is 10.0. The molecule has 5 nitrogen and oxygen atoms in total. The summed E-state index contributed by atoms with van der Waals surface area (Å²) >= 11 is 0. The van der Waals surface area contributed by atoms with Gasteiger partial charge < -0.3 is 9.53 Å². The zero-order chi connectivity index (χ0) is 28.0. The minimum Gasteiger partial charge on any atom is -0.407 e. The van der Waals surface area contributed by atoms with Crippen LogP contribution < -0.4 is 10.4 Å². The maximum Gasteiger partial charge on any atom is 0.296 e. The highest BCUT2D eigenvalue weighted by molar-refractivity contribution is 7.86. The molecule has 3 atom stereocenters. The zero-order valence-corrected chi connectivity index (χ0v) is 25.6. The minimum atomic E-state index is -4.03. The van der Waals surface area contributed by atoms with Gasteiger partial charge in [0, 0.05) is 18.1 Å². The molecule has 0 saturated carbocycles. The second-order valence-electron chi connectivity index (χ2n) is 11.2. The minimum absolute atomic E-state index is 0.111. The van der Waals surface area contributed by atoms with Crippen molar-refractivity contribution in [2.24, 2.45) is 5.92 Å². The van der Waals surface area contributed by atoms with Gasteiger partial charge in [0.2, 0.25) is 0 Å². The smallest absolute Gasteiger partial charge is 0.296 e. The summed E-state index contributed by atoms with van der Waals surface area (Å²) in [6, 6.07) is 15.3. The van der Waals surface area contributed by atoms with Gasteiger partial charge in [-0.2, -0.15) is 8.42 Å². The van der Waals surface area contributed by atoms with Crippen molar-refractivity contribution >= 4 is 28.8 Å². The maximum absolute atomic E-state index is 13.3. The van der Waals surface area contributed by atoms with E-state index in [2.05, 4.69) is 65.8 Å². The average molecular weight is 553 g/mol. The lowest BCUT2D eigenvalue weighted by molar-refractivity contribution is 0.0321. The first-order chi connectivity index (χ1) is 17.8. The molecule has 1 aliphatic rings. The van der Waals surface area contributed by atoms with Crippen LogP contribution in [0.5, 0.6) is 0 Å². The van der Waals surface area contributed by atoms with Crippen LogP contribution in [0, 0.1) is 54.4 Å². The molecular weight excluding hydrogens is 512 g/mol. The molecule has 0 amide bonds. The Balaban J connectivity index is 1.95. The third-order valence-corrected chi connectivity index (χ3v) is 14.4. The van der Waals surface area contributed by atoms with Crippen LogP contribution in [0.2, 0.25) is 5.54 Å². The van der Waals surface area contributed by atoms with Crippen molar-refractivity contribution in [3.05, 3.63) is 87.5 Å². The SMILES string of the molecule is Cc1ccc(S(=O)(=O)OC[C@@H]2[C@@H](O)[C@H](C)CO[Si]2(c2c(C)cc(C)cc2C)c2c(C)cc(C)cc2C)cc1. The van der Waals surface area contributed by atoms with E-state index < -0.39 is 30.1 Å². The summed E-state index contributed by atoms with van der Waals surface area (Å²) in [7, 11) is -7.27. The highest BCUT2D eigenvalue weighted by Crippen LogP contribution is 2.39. The van der Waals surface area contributed by atoms with E-state index in [0.717, 1.165) is 49.3 Å². The van der Waals surface area contributed by atoms with Gasteiger partial charge in [-0.25, -0.2) is 0 Å². The average Bonchev–Trinajstić information content (AvgIpc) is 2.80. The Morgan fingerprint density at radius 3 is 1.71 bits per heavy atom. The van der Waals surface area contributed by atoms with Crippen LogP contribution in [0.3, 0.4) is 0 Å². The van der Waals surface area contributed by atoms with Crippen LogP contribution in [-0.2, 0) is 18.7 Å². The van der Waals surface area contributed by atoms with Gasteiger partial charge in [0.05, 0.1) is 17.6 Å². The largest absolute Gasteiger partial charge is 0.407 e. The molecule has 1 saturated heterocycles. The van der Waals surface area contributed by atoms with Gasteiger partial charge in [-0.15, -0.1) is 0 Å². The monoisotopic (exact) mass is 552 g/mol. The normalized spacial score (nSPS) is 21.4.